The molecule has 0 heterocycles. The topological polar surface area (TPSA) is 34.1 Å². The van der Waals surface area contributed by atoms with E-state index >= 15 is 0 Å². The molecule has 1 aliphatic rings. The molecule has 0 N–H and O–H groups in total. The summed E-state index contributed by atoms with van der Waals surface area (Å²) < 4.78 is 32.8. The maximum Gasteiger partial charge on any atom is 0.235 e. The van der Waals surface area contributed by atoms with Gasteiger partial charge in [-0.15, -0.1) is 0 Å². The number of hydrogen-bond donors (Lipinski definition) is 0. The zero-order valence-electron chi connectivity index (χ0n) is 5.26. The summed E-state index contributed by atoms with van der Waals surface area (Å²) in [5.74, 6) is -0.0708. The van der Waals surface area contributed by atoms with Crippen molar-refractivity contribution in [1.82, 2.24) is 0 Å². The predicted octanol–water partition coefficient (Wildman–Crippen LogP) is 1.30. The molecule has 10 heavy (non-hydrogen) atoms. The van der Waals surface area contributed by atoms with Gasteiger partial charge in [-0.25, -0.2) is 8.42 Å². The van der Waals surface area contributed by atoms with Crippen molar-refractivity contribution in [3.8, 4) is 0 Å². The van der Waals surface area contributed by atoms with Gasteiger partial charge in [0.15, 0.2) is 0 Å². The molecule has 0 spiro atoms. The van der Waals surface area contributed by atoms with Gasteiger partial charge in [-0.3, -0.25) is 4.39 Å². The zero-order chi connectivity index (χ0) is 7.78. The maximum atomic E-state index is 11.8. The molecule has 1 aliphatic carbocycles. The lowest BCUT2D eigenvalue weighted by Gasteiger charge is -2.30. The molecule has 1 saturated carbocycles. The van der Waals surface area contributed by atoms with Crippen LogP contribution in [0.25, 0.3) is 0 Å². The summed E-state index contributed by atoms with van der Waals surface area (Å²) in [5.41, 5.74) is 0. The van der Waals surface area contributed by atoms with Crippen LogP contribution in [0.2, 0.25) is 0 Å². The second-order valence-electron chi connectivity index (χ2n) is 2.59. The third kappa shape index (κ3) is 1.61. The number of alkyl halides is 1. The van der Waals surface area contributed by atoms with Gasteiger partial charge < -0.3 is 0 Å². The van der Waals surface area contributed by atoms with E-state index in [1.165, 1.54) is 0 Å². The SMILES string of the molecule is O=S(=O)(Cl)C1CC(CF)C1. The average Bonchev–Trinajstić information content (AvgIpc) is 1.57. The van der Waals surface area contributed by atoms with Crippen LogP contribution >= 0.6 is 10.7 Å². The Morgan fingerprint density at radius 1 is 1.50 bits per heavy atom. The summed E-state index contributed by atoms with van der Waals surface area (Å²) >= 11 is 0. The van der Waals surface area contributed by atoms with E-state index in [-0.39, 0.29) is 5.92 Å². The van der Waals surface area contributed by atoms with Crippen LogP contribution < -0.4 is 0 Å². The first kappa shape index (κ1) is 8.27. The van der Waals surface area contributed by atoms with Crippen LogP contribution in [-0.4, -0.2) is 20.3 Å². The van der Waals surface area contributed by atoms with E-state index in [2.05, 4.69) is 0 Å². The normalized spacial score (nSPS) is 33.4. The lowest BCUT2D eigenvalue weighted by Crippen LogP contribution is -2.34. The highest BCUT2D eigenvalue weighted by Crippen LogP contribution is 2.34. The van der Waals surface area contributed by atoms with Crippen LogP contribution in [0, 0.1) is 5.92 Å². The Balaban J connectivity index is 2.41. The van der Waals surface area contributed by atoms with E-state index in [0.717, 1.165) is 0 Å². The Hall–Kier alpha value is 0.170. The summed E-state index contributed by atoms with van der Waals surface area (Å²) in [4.78, 5) is 0. The fourth-order valence-electron chi connectivity index (χ4n) is 1.03. The molecule has 0 unspecified atom stereocenters. The van der Waals surface area contributed by atoms with Gasteiger partial charge in [0.2, 0.25) is 9.05 Å². The molecule has 0 aromatic rings. The van der Waals surface area contributed by atoms with Crippen molar-refractivity contribution in [2.24, 2.45) is 5.92 Å². The van der Waals surface area contributed by atoms with Gasteiger partial charge in [0.1, 0.15) is 0 Å². The molecular formula is C5H8ClFO2S. The minimum absolute atomic E-state index is 0.0708. The summed E-state index contributed by atoms with van der Waals surface area (Å²) in [6, 6.07) is 0. The van der Waals surface area contributed by atoms with Gasteiger partial charge in [-0.2, -0.15) is 0 Å². The Morgan fingerprint density at radius 3 is 2.30 bits per heavy atom. The second kappa shape index (κ2) is 2.66. The van der Waals surface area contributed by atoms with Crippen molar-refractivity contribution < 1.29 is 12.8 Å². The standard InChI is InChI=1S/C5H8ClFO2S/c6-10(8,9)5-1-4(2-5)3-7/h4-5H,1-3H2. The van der Waals surface area contributed by atoms with Gasteiger partial charge in [0.25, 0.3) is 0 Å². The lowest BCUT2D eigenvalue weighted by atomic mass is 9.86. The highest BCUT2D eigenvalue weighted by molar-refractivity contribution is 8.14. The first-order chi connectivity index (χ1) is 4.54. The molecule has 0 saturated heterocycles. The smallest absolute Gasteiger partial charge is 0.235 e. The van der Waals surface area contributed by atoms with Crippen LogP contribution in [0.4, 0.5) is 4.39 Å². The van der Waals surface area contributed by atoms with Crippen molar-refractivity contribution in [2.45, 2.75) is 18.1 Å². The van der Waals surface area contributed by atoms with Gasteiger partial charge >= 0.3 is 0 Å². The van der Waals surface area contributed by atoms with Crippen molar-refractivity contribution >= 4 is 19.7 Å². The Labute approximate surface area is 63.8 Å². The monoisotopic (exact) mass is 186 g/mol. The van der Waals surface area contributed by atoms with Crippen molar-refractivity contribution in [2.75, 3.05) is 6.67 Å². The minimum atomic E-state index is -3.40. The Bertz CT molecular complexity index is 208. The first-order valence-corrected chi connectivity index (χ1v) is 5.40. The fraction of sp³-hybridized carbons (Fsp3) is 1.00. The van der Waals surface area contributed by atoms with Gasteiger partial charge in [-0.05, 0) is 18.8 Å². The quantitative estimate of drug-likeness (QED) is 0.610. The summed E-state index contributed by atoms with van der Waals surface area (Å²) in [6.07, 6.45) is 0.782. The molecule has 0 aromatic heterocycles. The molecule has 2 nitrogen and oxygen atoms in total. The molecule has 1 fully saturated rings. The van der Waals surface area contributed by atoms with E-state index in [1.807, 2.05) is 0 Å². The van der Waals surface area contributed by atoms with E-state index in [9.17, 15) is 12.8 Å². The maximum absolute atomic E-state index is 11.8. The van der Waals surface area contributed by atoms with Crippen molar-refractivity contribution in [3.63, 3.8) is 0 Å². The summed E-state index contributed by atoms with van der Waals surface area (Å²) in [7, 11) is 1.60. The van der Waals surface area contributed by atoms with Crippen LogP contribution in [0.1, 0.15) is 12.8 Å². The minimum Gasteiger partial charge on any atom is -0.251 e. The van der Waals surface area contributed by atoms with Crippen LogP contribution in [-0.2, 0) is 9.05 Å². The molecule has 0 amide bonds. The van der Waals surface area contributed by atoms with E-state index in [0.29, 0.717) is 12.8 Å². The molecule has 0 aliphatic heterocycles. The number of halogens is 2. The van der Waals surface area contributed by atoms with E-state index in [1.54, 1.807) is 0 Å². The molecular weight excluding hydrogens is 179 g/mol. The number of hydrogen-bond acceptors (Lipinski definition) is 2. The average molecular weight is 187 g/mol. The Kier molecular flexibility index (Phi) is 2.20. The highest BCUT2D eigenvalue weighted by atomic mass is 35.7. The van der Waals surface area contributed by atoms with E-state index < -0.39 is 21.0 Å². The van der Waals surface area contributed by atoms with Crippen LogP contribution in [0.3, 0.4) is 0 Å². The second-order valence-corrected chi connectivity index (χ2v) is 5.50. The van der Waals surface area contributed by atoms with Crippen LogP contribution in [0.5, 0.6) is 0 Å². The molecule has 60 valence electrons. The zero-order valence-corrected chi connectivity index (χ0v) is 6.83. The fourth-order valence-corrected chi connectivity index (χ4v) is 2.47. The van der Waals surface area contributed by atoms with Gasteiger partial charge in [0.05, 0.1) is 11.9 Å². The largest absolute Gasteiger partial charge is 0.251 e. The molecule has 0 atom stereocenters. The number of rotatable bonds is 2. The molecule has 5 heteroatoms. The third-order valence-electron chi connectivity index (χ3n) is 1.81. The molecule has 0 bridgehead atoms. The van der Waals surface area contributed by atoms with E-state index in [4.69, 9.17) is 10.7 Å². The molecule has 0 aromatic carbocycles. The molecule has 1 rings (SSSR count). The third-order valence-corrected chi connectivity index (χ3v) is 3.75. The summed E-state index contributed by atoms with van der Waals surface area (Å²) in [5, 5.41) is -0.491. The van der Waals surface area contributed by atoms with Crippen LogP contribution in [0.15, 0.2) is 0 Å². The predicted molar refractivity (Wildman–Crippen MR) is 37.3 cm³/mol. The lowest BCUT2D eigenvalue weighted by molar-refractivity contribution is 0.247. The van der Waals surface area contributed by atoms with Crippen molar-refractivity contribution in [3.05, 3.63) is 0 Å². The summed E-state index contributed by atoms with van der Waals surface area (Å²) in [6.45, 7) is -0.428. The molecule has 0 radical (unpaired) electrons. The Morgan fingerprint density at radius 2 is 2.00 bits per heavy atom. The van der Waals surface area contributed by atoms with Crippen molar-refractivity contribution in [1.29, 1.82) is 0 Å². The highest BCUT2D eigenvalue weighted by Gasteiger charge is 2.37. The van der Waals surface area contributed by atoms with Gasteiger partial charge in [0, 0.05) is 10.7 Å². The van der Waals surface area contributed by atoms with Gasteiger partial charge in [-0.1, -0.05) is 0 Å². The first-order valence-electron chi connectivity index (χ1n) is 3.03.